The molecule has 0 fully saturated rings. The number of nitrogens with zero attached hydrogens (tertiary/aromatic N) is 3. The molecule has 5 nitrogen and oxygen atoms in total. The highest BCUT2D eigenvalue weighted by Crippen LogP contribution is 2.40. The molecule has 30 heavy (non-hydrogen) atoms. The number of hydrogen-bond donors (Lipinski definition) is 1. The van der Waals surface area contributed by atoms with Crippen molar-refractivity contribution in [1.29, 1.82) is 0 Å². The molecule has 1 atom stereocenters. The van der Waals surface area contributed by atoms with E-state index in [-0.39, 0.29) is 11.8 Å². The van der Waals surface area contributed by atoms with Gasteiger partial charge in [-0.3, -0.25) is 4.79 Å². The fourth-order valence-corrected chi connectivity index (χ4v) is 5.13. The lowest BCUT2D eigenvalue weighted by Crippen LogP contribution is -2.31. The molecule has 0 saturated heterocycles. The molecule has 152 valence electrons. The van der Waals surface area contributed by atoms with Crippen LogP contribution in [0, 0.1) is 6.92 Å². The van der Waals surface area contributed by atoms with Gasteiger partial charge in [-0.1, -0.05) is 71.4 Å². The second kappa shape index (κ2) is 7.93. The number of aromatic nitrogens is 3. The fraction of sp³-hybridized carbons (Fsp3) is 0.261. The number of rotatable bonds is 4. The summed E-state index contributed by atoms with van der Waals surface area (Å²) in [4.78, 5) is 17.6. The summed E-state index contributed by atoms with van der Waals surface area (Å²) >= 11 is 7.83. The van der Waals surface area contributed by atoms with Crippen LogP contribution in [0.3, 0.4) is 0 Å². The Labute approximate surface area is 184 Å². The predicted molar refractivity (Wildman–Crippen MR) is 120 cm³/mol. The zero-order chi connectivity index (χ0) is 20.7. The van der Waals surface area contributed by atoms with E-state index in [0.717, 1.165) is 40.3 Å². The zero-order valence-electron chi connectivity index (χ0n) is 16.6. The van der Waals surface area contributed by atoms with Gasteiger partial charge in [0.05, 0.1) is 0 Å². The maximum absolute atomic E-state index is 12.9. The first kappa shape index (κ1) is 19.4. The van der Waals surface area contributed by atoms with E-state index in [4.69, 9.17) is 21.7 Å². The van der Waals surface area contributed by atoms with E-state index in [2.05, 4.69) is 36.5 Å². The summed E-state index contributed by atoms with van der Waals surface area (Å²) in [5, 5.41) is 9.57. The highest BCUT2D eigenvalue weighted by Gasteiger charge is 2.36. The molecule has 0 saturated carbocycles. The lowest BCUT2D eigenvalue weighted by molar-refractivity contribution is -0.116. The second-order valence-electron chi connectivity index (χ2n) is 7.65. The van der Waals surface area contributed by atoms with Gasteiger partial charge in [-0.05, 0) is 37.0 Å². The monoisotopic (exact) mass is 436 g/mol. The molecular weight excluding hydrogens is 416 g/mol. The number of carbonyl (C=O) groups excluding carboxylic acids is 1. The Hall–Kier alpha value is -2.57. The van der Waals surface area contributed by atoms with Crippen LogP contribution in [0.1, 0.15) is 42.0 Å². The van der Waals surface area contributed by atoms with Crippen molar-refractivity contribution in [3.8, 4) is 0 Å². The number of allylic oxidation sites excluding steroid dienone is 2. The number of benzene rings is 2. The van der Waals surface area contributed by atoms with Crippen LogP contribution in [-0.2, 0) is 10.5 Å². The van der Waals surface area contributed by atoms with Crippen LogP contribution in [0.15, 0.2) is 65.0 Å². The molecule has 2 aliphatic rings. The summed E-state index contributed by atoms with van der Waals surface area (Å²) in [7, 11) is 0. The van der Waals surface area contributed by atoms with Crippen LogP contribution in [0.2, 0.25) is 5.02 Å². The highest BCUT2D eigenvalue weighted by atomic mass is 35.5. The van der Waals surface area contributed by atoms with Crippen LogP contribution in [0.5, 0.6) is 0 Å². The normalized spacial score (nSPS) is 18.1. The average Bonchev–Trinajstić information content (AvgIpc) is 3.15. The molecule has 1 N–H and O–H groups in total. The molecule has 0 radical (unpaired) electrons. The van der Waals surface area contributed by atoms with Crippen molar-refractivity contribution in [2.24, 2.45) is 0 Å². The second-order valence-corrected chi connectivity index (χ2v) is 9.00. The molecule has 0 spiro atoms. The first-order chi connectivity index (χ1) is 14.6. The van der Waals surface area contributed by atoms with Crippen LogP contribution >= 0.6 is 23.4 Å². The van der Waals surface area contributed by atoms with Gasteiger partial charge in [0.15, 0.2) is 5.78 Å². The average molecular weight is 437 g/mol. The Morgan fingerprint density at radius 1 is 1.17 bits per heavy atom. The number of thioether (sulfide) groups is 1. The molecule has 5 rings (SSSR count). The summed E-state index contributed by atoms with van der Waals surface area (Å²) in [6.07, 6.45) is 2.31. The van der Waals surface area contributed by atoms with Crippen LogP contribution in [0.25, 0.3) is 0 Å². The molecule has 1 aliphatic heterocycles. The topological polar surface area (TPSA) is 59.8 Å². The number of halogens is 1. The standard InChI is InChI=1S/C23H21ClN4OS/c1-14-9-11-15(12-10-14)21-20-18(7-4-8-19(20)29)25-22-26-23(27-28(21)22)30-13-16-5-2-3-6-17(16)24/h2-3,5-6,9-12,21H,4,7-8,13H2,1H3,(H,25,26,27). The Balaban J connectivity index is 1.51. The van der Waals surface area contributed by atoms with E-state index in [1.54, 1.807) is 11.8 Å². The molecule has 0 bridgehead atoms. The molecule has 1 aliphatic carbocycles. The molecule has 2 aromatic carbocycles. The molecule has 1 unspecified atom stereocenters. The van der Waals surface area contributed by atoms with Gasteiger partial charge < -0.3 is 5.32 Å². The van der Waals surface area contributed by atoms with Gasteiger partial charge in [-0.2, -0.15) is 4.98 Å². The lowest BCUT2D eigenvalue weighted by atomic mass is 9.85. The van der Waals surface area contributed by atoms with E-state index in [1.165, 1.54) is 5.56 Å². The van der Waals surface area contributed by atoms with Crippen molar-refractivity contribution in [1.82, 2.24) is 14.8 Å². The maximum atomic E-state index is 12.9. The van der Waals surface area contributed by atoms with Gasteiger partial charge in [0.2, 0.25) is 11.1 Å². The van der Waals surface area contributed by atoms with Crippen LogP contribution < -0.4 is 5.32 Å². The highest BCUT2D eigenvalue weighted by molar-refractivity contribution is 7.98. The summed E-state index contributed by atoms with van der Waals surface area (Å²) in [5.41, 5.74) is 5.10. The quantitative estimate of drug-likeness (QED) is 0.543. The summed E-state index contributed by atoms with van der Waals surface area (Å²) in [6, 6.07) is 15.9. The number of anilines is 1. The Morgan fingerprint density at radius 3 is 2.77 bits per heavy atom. The minimum atomic E-state index is -0.244. The predicted octanol–water partition coefficient (Wildman–Crippen LogP) is 5.55. The minimum absolute atomic E-state index is 0.195. The van der Waals surface area contributed by atoms with Gasteiger partial charge in [-0.25, -0.2) is 4.68 Å². The summed E-state index contributed by atoms with van der Waals surface area (Å²) in [6.45, 7) is 2.06. The molecule has 2 heterocycles. The van der Waals surface area contributed by atoms with Crippen molar-refractivity contribution < 1.29 is 4.79 Å². The number of fused-ring (bicyclic) bond motifs is 1. The first-order valence-corrected chi connectivity index (χ1v) is 11.4. The lowest BCUT2D eigenvalue weighted by Gasteiger charge is -2.32. The number of aryl methyl sites for hydroxylation is 1. The van der Waals surface area contributed by atoms with Crippen molar-refractivity contribution in [2.75, 3.05) is 5.32 Å². The zero-order valence-corrected chi connectivity index (χ0v) is 18.1. The van der Waals surface area contributed by atoms with Gasteiger partial charge in [0, 0.05) is 28.5 Å². The van der Waals surface area contributed by atoms with Gasteiger partial charge in [0.1, 0.15) is 6.04 Å². The number of nitrogens with one attached hydrogen (secondary N) is 1. The van der Waals surface area contributed by atoms with Gasteiger partial charge in [-0.15, -0.1) is 5.10 Å². The third kappa shape index (κ3) is 3.55. The van der Waals surface area contributed by atoms with E-state index < -0.39 is 0 Å². The maximum Gasteiger partial charge on any atom is 0.227 e. The minimum Gasteiger partial charge on any atom is -0.328 e. The third-order valence-corrected chi connectivity index (χ3v) is 6.81. The SMILES string of the molecule is Cc1ccc(C2C3=C(CCCC3=O)Nc3nc(SCc4ccccc4Cl)nn32)cc1. The largest absolute Gasteiger partial charge is 0.328 e. The van der Waals surface area contributed by atoms with Crippen LogP contribution in [0.4, 0.5) is 5.95 Å². The molecule has 1 aromatic heterocycles. The van der Waals surface area contributed by atoms with Gasteiger partial charge >= 0.3 is 0 Å². The van der Waals surface area contributed by atoms with Crippen molar-refractivity contribution in [3.63, 3.8) is 0 Å². The number of ketones is 1. The molecule has 0 amide bonds. The fourth-order valence-electron chi connectivity index (χ4n) is 4.01. The number of Topliss-reactive ketones (excluding diaryl/α,β-unsaturated/α-hetero) is 1. The third-order valence-electron chi connectivity index (χ3n) is 5.56. The molecule has 3 aromatic rings. The Bertz CT molecular complexity index is 1150. The molecular formula is C23H21ClN4OS. The Morgan fingerprint density at radius 2 is 1.97 bits per heavy atom. The van der Waals surface area contributed by atoms with E-state index in [0.29, 0.717) is 23.3 Å². The van der Waals surface area contributed by atoms with Gasteiger partial charge in [0.25, 0.3) is 0 Å². The summed E-state index contributed by atoms with van der Waals surface area (Å²) < 4.78 is 1.86. The Kier molecular flexibility index (Phi) is 5.13. The summed E-state index contributed by atoms with van der Waals surface area (Å²) in [5.74, 6) is 1.57. The first-order valence-electron chi connectivity index (χ1n) is 10.0. The van der Waals surface area contributed by atoms with E-state index in [1.807, 2.05) is 28.9 Å². The van der Waals surface area contributed by atoms with Crippen molar-refractivity contribution >= 4 is 35.1 Å². The van der Waals surface area contributed by atoms with Crippen molar-refractivity contribution in [2.45, 2.75) is 43.1 Å². The number of carbonyl (C=O) groups is 1. The van der Waals surface area contributed by atoms with Crippen LogP contribution in [-0.4, -0.2) is 20.5 Å². The smallest absolute Gasteiger partial charge is 0.227 e. The molecule has 7 heteroatoms. The van der Waals surface area contributed by atoms with Crippen molar-refractivity contribution in [3.05, 3.63) is 81.5 Å². The van der Waals surface area contributed by atoms with E-state index in [9.17, 15) is 4.79 Å². The number of hydrogen-bond acceptors (Lipinski definition) is 5. The van der Waals surface area contributed by atoms with E-state index >= 15 is 0 Å².